The molecule has 11 N–H and O–H groups in total. The van der Waals surface area contributed by atoms with E-state index in [1.54, 1.807) is 13.8 Å². The molecule has 4 saturated heterocycles. The third-order valence-electron chi connectivity index (χ3n) is 19.8. The van der Waals surface area contributed by atoms with E-state index in [4.69, 9.17) is 33.2 Å². The molecule has 18 nitrogen and oxygen atoms in total. The summed E-state index contributed by atoms with van der Waals surface area (Å²) in [6.45, 7) is 19.6. The fourth-order valence-corrected chi connectivity index (χ4v) is 15.9. The second-order valence-corrected chi connectivity index (χ2v) is 24.2. The number of rotatable bonds is 9. The van der Waals surface area contributed by atoms with Crippen LogP contribution in [0.2, 0.25) is 0 Å². The van der Waals surface area contributed by atoms with Crippen molar-refractivity contribution in [3.05, 3.63) is 0 Å². The number of aliphatic hydroxyl groups is 11. The summed E-state index contributed by atoms with van der Waals surface area (Å²) in [5.74, 6) is -0.647. The molecule has 8 rings (SSSR count). The topological polar surface area (TPSA) is 287 Å². The quantitative estimate of drug-likeness (QED) is 0.138. The van der Waals surface area contributed by atoms with Crippen LogP contribution >= 0.6 is 0 Å². The Bertz CT molecular complexity index is 1730. The van der Waals surface area contributed by atoms with Gasteiger partial charge in [-0.3, -0.25) is 0 Å². The van der Waals surface area contributed by atoms with Gasteiger partial charge in [-0.25, -0.2) is 0 Å². The summed E-state index contributed by atoms with van der Waals surface area (Å²) in [5.41, 5.74) is -4.26. The molecule has 4 heterocycles. The standard InChI is InChI=1S/C48H82O18/c1-21-29(52)32(55)34(57)39(61-21)65-36-30(53)23(51)20-60-41(36)64-27-11-13-45(7)38(42(27,2)3)24(62-40-35(58)33(56)31(54)25(19-49)63-40)17-26-44(45,6)15-16-46(8)37(22(50)18-47(26,46)9)48(10)14-12-28(66-48)43(4,5)59/h21-41,49-59H,11-20H2,1-10H3. The van der Waals surface area contributed by atoms with Crippen molar-refractivity contribution in [3.8, 4) is 0 Å². The molecule has 0 aromatic rings. The maximum Gasteiger partial charge on any atom is 0.187 e. The van der Waals surface area contributed by atoms with Crippen LogP contribution in [-0.4, -0.2) is 191 Å². The Morgan fingerprint density at radius 2 is 1.21 bits per heavy atom. The van der Waals surface area contributed by atoms with Crippen molar-refractivity contribution in [1.82, 2.24) is 0 Å². The minimum absolute atomic E-state index is 0.0582. The van der Waals surface area contributed by atoms with Gasteiger partial charge in [0, 0.05) is 5.92 Å². The van der Waals surface area contributed by atoms with E-state index in [1.807, 2.05) is 0 Å². The first-order valence-corrected chi connectivity index (χ1v) is 24.5. The van der Waals surface area contributed by atoms with Crippen LogP contribution in [0.5, 0.6) is 0 Å². The first-order valence-electron chi connectivity index (χ1n) is 24.5. The molecule has 8 aliphatic rings. The third kappa shape index (κ3) is 7.81. The van der Waals surface area contributed by atoms with Crippen LogP contribution in [0.3, 0.4) is 0 Å². The van der Waals surface area contributed by atoms with Crippen LogP contribution in [-0.2, 0) is 33.2 Å². The molecule has 8 fully saturated rings. The van der Waals surface area contributed by atoms with E-state index >= 15 is 0 Å². The van der Waals surface area contributed by atoms with Crippen LogP contribution in [0.25, 0.3) is 0 Å². The minimum Gasteiger partial charge on any atom is -0.394 e. The van der Waals surface area contributed by atoms with Crippen LogP contribution < -0.4 is 0 Å². The van der Waals surface area contributed by atoms with Gasteiger partial charge in [0.05, 0.1) is 54.9 Å². The van der Waals surface area contributed by atoms with Crippen molar-refractivity contribution in [1.29, 1.82) is 0 Å². The predicted octanol–water partition coefficient (Wildman–Crippen LogP) is 0.212. The zero-order chi connectivity index (χ0) is 48.6. The molecule has 0 bridgehead atoms. The highest BCUT2D eigenvalue weighted by molar-refractivity contribution is 5.25. The SMILES string of the molecule is CC1OC(OC2C(OC3CCC4(C)C(C(OC5OC(CO)C(O)C(O)C5O)CC5C6(C)CC(O)C(C7(C)CCC(C(C)(C)O)O7)C6(C)CCC54C)C3(C)C)OCC(O)C2O)C(O)C(O)C1O. The minimum atomic E-state index is -1.69. The second kappa shape index (κ2) is 17.5. The average Bonchev–Trinajstić information content (AvgIpc) is 3.74. The fraction of sp³-hybridized carbons (Fsp3) is 1.00. The molecule has 4 saturated carbocycles. The second-order valence-electron chi connectivity index (χ2n) is 24.2. The zero-order valence-electron chi connectivity index (χ0n) is 40.5. The van der Waals surface area contributed by atoms with Gasteiger partial charge in [-0.2, -0.15) is 0 Å². The highest BCUT2D eigenvalue weighted by Crippen LogP contribution is 2.79. The summed E-state index contributed by atoms with van der Waals surface area (Å²) in [6.07, 6.45) is -17.6. The molecule has 4 aliphatic carbocycles. The van der Waals surface area contributed by atoms with Crippen LogP contribution in [0.15, 0.2) is 0 Å². The lowest BCUT2D eigenvalue weighted by Crippen LogP contribution is -2.71. The number of aliphatic hydroxyl groups excluding tert-OH is 10. The monoisotopic (exact) mass is 947 g/mol. The van der Waals surface area contributed by atoms with Gasteiger partial charge in [0.1, 0.15) is 61.0 Å². The molecule has 26 atom stereocenters. The number of fused-ring (bicyclic) bond motifs is 5. The van der Waals surface area contributed by atoms with Crippen molar-refractivity contribution in [2.24, 2.45) is 44.8 Å². The van der Waals surface area contributed by atoms with E-state index in [0.717, 1.165) is 12.8 Å². The molecule has 26 unspecified atom stereocenters. The smallest absolute Gasteiger partial charge is 0.187 e. The number of ether oxygens (including phenoxy) is 7. The number of hydrogen-bond acceptors (Lipinski definition) is 18. The summed E-state index contributed by atoms with van der Waals surface area (Å²) in [6, 6.07) is 0. The highest BCUT2D eigenvalue weighted by Gasteiger charge is 2.77. The molecule has 66 heavy (non-hydrogen) atoms. The molecule has 0 spiro atoms. The van der Waals surface area contributed by atoms with Crippen molar-refractivity contribution in [2.75, 3.05) is 13.2 Å². The van der Waals surface area contributed by atoms with E-state index in [2.05, 4.69) is 48.5 Å². The lowest BCUT2D eigenvalue weighted by molar-refractivity contribution is -0.373. The van der Waals surface area contributed by atoms with Gasteiger partial charge in [0.15, 0.2) is 18.9 Å². The summed E-state index contributed by atoms with van der Waals surface area (Å²) in [5, 5.41) is 121. The molecule has 0 amide bonds. The molecular weight excluding hydrogens is 865 g/mol. The van der Waals surface area contributed by atoms with Crippen molar-refractivity contribution < 1.29 is 89.3 Å². The largest absolute Gasteiger partial charge is 0.394 e. The van der Waals surface area contributed by atoms with Gasteiger partial charge in [-0.05, 0) is 118 Å². The molecular formula is C48H82O18. The van der Waals surface area contributed by atoms with Gasteiger partial charge in [0.25, 0.3) is 0 Å². The molecule has 18 heteroatoms. The first kappa shape index (κ1) is 51.6. The molecule has 382 valence electrons. The van der Waals surface area contributed by atoms with Gasteiger partial charge < -0.3 is 89.3 Å². The van der Waals surface area contributed by atoms with E-state index < -0.39 is 144 Å². The van der Waals surface area contributed by atoms with Crippen LogP contribution in [0.4, 0.5) is 0 Å². The Morgan fingerprint density at radius 1 is 0.606 bits per heavy atom. The van der Waals surface area contributed by atoms with Gasteiger partial charge in [-0.15, -0.1) is 0 Å². The van der Waals surface area contributed by atoms with Crippen LogP contribution in [0, 0.1) is 44.8 Å². The first-order chi connectivity index (χ1) is 30.5. The Balaban J connectivity index is 1.14. The van der Waals surface area contributed by atoms with Crippen molar-refractivity contribution in [3.63, 3.8) is 0 Å². The van der Waals surface area contributed by atoms with Crippen LogP contribution in [0.1, 0.15) is 121 Å². The lowest BCUT2D eigenvalue weighted by atomic mass is 9.32. The Kier molecular flexibility index (Phi) is 13.7. The third-order valence-corrected chi connectivity index (χ3v) is 19.8. The Hall–Kier alpha value is -0.720. The average molecular weight is 947 g/mol. The maximum absolute atomic E-state index is 12.4. The van der Waals surface area contributed by atoms with E-state index in [0.29, 0.717) is 38.5 Å². The summed E-state index contributed by atoms with van der Waals surface area (Å²) in [4.78, 5) is 0. The fourth-order valence-electron chi connectivity index (χ4n) is 15.9. The maximum atomic E-state index is 12.4. The van der Waals surface area contributed by atoms with Crippen molar-refractivity contribution in [2.45, 2.75) is 242 Å². The number of hydrogen-bond donors (Lipinski definition) is 11. The van der Waals surface area contributed by atoms with Gasteiger partial charge >= 0.3 is 0 Å². The lowest BCUT2D eigenvalue weighted by Gasteiger charge is -2.73. The highest BCUT2D eigenvalue weighted by atomic mass is 16.8. The van der Waals surface area contributed by atoms with Crippen molar-refractivity contribution >= 4 is 0 Å². The normalized spacial score (nSPS) is 57.5. The summed E-state index contributed by atoms with van der Waals surface area (Å²) < 4.78 is 44.6. The summed E-state index contributed by atoms with van der Waals surface area (Å²) >= 11 is 0. The molecule has 0 radical (unpaired) electrons. The molecule has 4 aliphatic heterocycles. The van der Waals surface area contributed by atoms with E-state index in [1.165, 1.54) is 6.92 Å². The van der Waals surface area contributed by atoms with E-state index in [9.17, 15) is 56.2 Å². The summed E-state index contributed by atoms with van der Waals surface area (Å²) in [7, 11) is 0. The zero-order valence-corrected chi connectivity index (χ0v) is 40.5. The van der Waals surface area contributed by atoms with Gasteiger partial charge in [0.2, 0.25) is 0 Å². The predicted molar refractivity (Wildman–Crippen MR) is 232 cm³/mol. The van der Waals surface area contributed by atoms with E-state index in [-0.39, 0.29) is 35.9 Å². The Labute approximate surface area is 388 Å². The molecule has 0 aromatic carbocycles. The van der Waals surface area contributed by atoms with Gasteiger partial charge in [-0.1, -0.05) is 41.5 Å². The molecule has 0 aromatic heterocycles. The Morgan fingerprint density at radius 3 is 1.83 bits per heavy atom.